The van der Waals surface area contributed by atoms with E-state index in [1.54, 1.807) is 27.7 Å². The van der Waals surface area contributed by atoms with Crippen molar-refractivity contribution in [2.75, 3.05) is 5.75 Å². The molecule has 1 atom stereocenters. The smallest absolute Gasteiger partial charge is 0.308 e. The van der Waals surface area contributed by atoms with Crippen LogP contribution in [0.15, 0.2) is 16.6 Å². The van der Waals surface area contributed by atoms with Crippen LogP contribution in [0, 0.1) is 10.8 Å². The Morgan fingerprint density at radius 3 is 2.32 bits per heavy atom. The second-order valence-electron chi connectivity index (χ2n) is 5.62. The zero-order valence-corrected chi connectivity index (χ0v) is 14.8. The fourth-order valence-electron chi connectivity index (χ4n) is 1.67. The van der Waals surface area contributed by atoms with E-state index in [9.17, 15) is 4.79 Å². The van der Waals surface area contributed by atoms with E-state index in [1.807, 2.05) is 6.92 Å². The first-order chi connectivity index (χ1) is 10.0. The number of carbonyl (C=O) groups excluding carboxylic acids is 1. The van der Waals surface area contributed by atoms with Gasteiger partial charge in [0.05, 0.1) is 11.4 Å². The van der Waals surface area contributed by atoms with E-state index >= 15 is 0 Å². The van der Waals surface area contributed by atoms with Crippen LogP contribution in [0.5, 0.6) is 0 Å². The molecule has 0 fully saturated rings. The Balaban J connectivity index is 5.08. The summed E-state index contributed by atoms with van der Waals surface area (Å²) in [6.45, 7) is 16.2. The number of amidine groups is 2. The van der Waals surface area contributed by atoms with E-state index < -0.39 is 17.6 Å². The molecule has 0 spiro atoms. The molecule has 124 valence electrons. The molecular weight excluding hydrogens is 300 g/mol. The van der Waals surface area contributed by atoms with Crippen LogP contribution in [0.2, 0.25) is 0 Å². The SMILES string of the molecule is C=N[C@@H](CC(=O)OC(C)(C)C)C(=N)N(C(=C)SCC)C(C)=N. The summed E-state index contributed by atoms with van der Waals surface area (Å²) in [7, 11) is 0. The zero-order valence-electron chi connectivity index (χ0n) is 14.0. The van der Waals surface area contributed by atoms with Crippen LogP contribution in [0.1, 0.15) is 41.0 Å². The van der Waals surface area contributed by atoms with Crippen molar-refractivity contribution in [1.82, 2.24) is 4.90 Å². The summed E-state index contributed by atoms with van der Waals surface area (Å²) in [5.74, 6) is 0.466. The van der Waals surface area contributed by atoms with E-state index in [-0.39, 0.29) is 18.1 Å². The van der Waals surface area contributed by atoms with Crippen molar-refractivity contribution in [2.24, 2.45) is 4.99 Å². The monoisotopic (exact) mass is 326 g/mol. The molecule has 0 aromatic heterocycles. The third kappa shape index (κ3) is 6.89. The average molecular weight is 326 g/mol. The molecule has 7 heteroatoms. The Labute approximate surface area is 137 Å². The topological polar surface area (TPSA) is 89.6 Å². The number of nitrogens with one attached hydrogen (secondary N) is 2. The number of esters is 1. The highest BCUT2D eigenvalue weighted by Gasteiger charge is 2.27. The highest BCUT2D eigenvalue weighted by Crippen LogP contribution is 2.21. The maximum atomic E-state index is 11.9. The van der Waals surface area contributed by atoms with Gasteiger partial charge in [-0.2, -0.15) is 0 Å². The first-order valence-corrected chi connectivity index (χ1v) is 7.95. The van der Waals surface area contributed by atoms with Gasteiger partial charge in [-0.3, -0.25) is 25.5 Å². The van der Waals surface area contributed by atoms with Crippen LogP contribution in [-0.4, -0.2) is 46.7 Å². The molecule has 0 unspecified atom stereocenters. The highest BCUT2D eigenvalue weighted by atomic mass is 32.2. The van der Waals surface area contributed by atoms with E-state index in [0.717, 1.165) is 5.75 Å². The molecular formula is C15H26N4O2S. The average Bonchev–Trinajstić information content (AvgIpc) is 2.33. The number of aliphatic imine (C=N–C) groups is 1. The Morgan fingerprint density at radius 2 is 1.95 bits per heavy atom. The lowest BCUT2D eigenvalue weighted by Crippen LogP contribution is -2.40. The molecule has 2 N–H and O–H groups in total. The van der Waals surface area contributed by atoms with E-state index in [2.05, 4.69) is 18.3 Å². The lowest BCUT2D eigenvalue weighted by atomic mass is 10.1. The van der Waals surface area contributed by atoms with Gasteiger partial charge in [0.15, 0.2) is 0 Å². The standard InChI is InChI=1S/C15H26N4O2S/c1-8-22-11(3)19(10(2)16)14(17)12(18-7)9-13(20)21-15(4,5)6/h12,16-17H,3,7-9H2,1-2,4-6H3/t12-/m0/s1. The van der Waals surface area contributed by atoms with E-state index in [1.165, 1.54) is 16.7 Å². The summed E-state index contributed by atoms with van der Waals surface area (Å²) in [5.41, 5.74) is -0.593. The second kappa shape index (κ2) is 8.73. The van der Waals surface area contributed by atoms with Gasteiger partial charge in [0.25, 0.3) is 0 Å². The van der Waals surface area contributed by atoms with Crippen LogP contribution < -0.4 is 0 Å². The summed E-state index contributed by atoms with van der Waals surface area (Å²) in [6.07, 6.45) is -0.0898. The second-order valence-corrected chi connectivity index (χ2v) is 6.96. The summed E-state index contributed by atoms with van der Waals surface area (Å²) in [6, 6.07) is -0.774. The van der Waals surface area contributed by atoms with Crippen LogP contribution in [0.25, 0.3) is 0 Å². The number of carbonyl (C=O) groups is 1. The number of ether oxygens (including phenoxy) is 1. The van der Waals surface area contributed by atoms with Crippen molar-refractivity contribution in [1.29, 1.82) is 10.8 Å². The lowest BCUT2D eigenvalue weighted by Gasteiger charge is -2.28. The molecule has 6 nitrogen and oxygen atoms in total. The first kappa shape index (κ1) is 20.4. The Bertz CT molecular complexity index is 469. The molecule has 0 saturated carbocycles. The Morgan fingerprint density at radius 1 is 1.41 bits per heavy atom. The molecule has 0 aliphatic rings. The van der Waals surface area contributed by atoms with Gasteiger partial charge in [-0.1, -0.05) is 13.5 Å². The van der Waals surface area contributed by atoms with Gasteiger partial charge in [0.2, 0.25) is 0 Å². The largest absolute Gasteiger partial charge is 0.460 e. The summed E-state index contributed by atoms with van der Waals surface area (Å²) < 4.78 is 5.25. The molecule has 0 aliphatic carbocycles. The highest BCUT2D eigenvalue weighted by molar-refractivity contribution is 8.03. The predicted molar refractivity (Wildman–Crippen MR) is 94.0 cm³/mol. The molecule has 22 heavy (non-hydrogen) atoms. The molecule has 0 aromatic carbocycles. The fourth-order valence-corrected chi connectivity index (χ4v) is 2.37. The zero-order chi connectivity index (χ0) is 17.5. The van der Waals surface area contributed by atoms with Crippen molar-refractivity contribution in [3.8, 4) is 0 Å². The fraction of sp³-hybridized carbons (Fsp3) is 0.600. The lowest BCUT2D eigenvalue weighted by molar-refractivity contribution is -0.154. The van der Waals surface area contributed by atoms with Crippen molar-refractivity contribution in [3.63, 3.8) is 0 Å². The van der Waals surface area contributed by atoms with Gasteiger partial charge in [-0.15, -0.1) is 11.8 Å². The number of nitrogens with zero attached hydrogens (tertiary/aromatic N) is 2. The third-order valence-corrected chi connectivity index (χ3v) is 3.26. The quantitative estimate of drug-likeness (QED) is 0.427. The Hall–Kier alpha value is -1.63. The van der Waals surface area contributed by atoms with E-state index in [0.29, 0.717) is 5.03 Å². The molecule has 0 aliphatic heterocycles. The molecule has 0 saturated heterocycles. The number of hydrogen-bond acceptors (Lipinski definition) is 6. The molecule has 0 bridgehead atoms. The van der Waals surface area contributed by atoms with Crippen LogP contribution in [0.3, 0.4) is 0 Å². The van der Waals surface area contributed by atoms with Gasteiger partial charge < -0.3 is 4.74 Å². The van der Waals surface area contributed by atoms with Crippen molar-refractivity contribution in [2.45, 2.75) is 52.7 Å². The van der Waals surface area contributed by atoms with Crippen LogP contribution >= 0.6 is 11.8 Å². The molecule has 0 aromatic rings. The first-order valence-electron chi connectivity index (χ1n) is 6.96. The van der Waals surface area contributed by atoms with Crippen molar-refractivity contribution in [3.05, 3.63) is 11.6 Å². The summed E-state index contributed by atoms with van der Waals surface area (Å²) in [4.78, 5) is 17.1. The maximum Gasteiger partial charge on any atom is 0.308 e. The van der Waals surface area contributed by atoms with Gasteiger partial charge in [0, 0.05) is 0 Å². The summed E-state index contributed by atoms with van der Waals surface area (Å²) in [5, 5.41) is 16.6. The normalized spacial score (nSPS) is 12.2. The van der Waals surface area contributed by atoms with Crippen LogP contribution in [0.4, 0.5) is 0 Å². The van der Waals surface area contributed by atoms with Crippen molar-refractivity contribution >= 4 is 36.1 Å². The number of thioether (sulfide) groups is 1. The van der Waals surface area contributed by atoms with Gasteiger partial charge in [-0.05, 0) is 40.2 Å². The molecule has 0 rings (SSSR count). The minimum atomic E-state index is -0.774. The maximum absolute atomic E-state index is 11.9. The Kier molecular flexibility index (Phi) is 8.08. The van der Waals surface area contributed by atoms with Gasteiger partial charge in [0.1, 0.15) is 23.3 Å². The van der Waals surface area contributed by atoms with Gasteiger partial charge >= 0.3 is 5.97 Å². The predicted octanol–water partition coefficient (Wildman–Crippen LogP) is 3.29. The van der Waals surface area contributed by atoms with E-state index in [4.69, 9.17) is 15.6 Å². The minimum absolute atomic E-state index is 0.000640. The number of rotatable bonds is 7. The molecule has 0 amide bonds. The van der Waals surface area contributed by atoms with Crippen molar-refractivity contribution < 1.29 is 9.53 Å². The summed E-state index contributed by atoms with van der Waals surface area (Å²) >= 11 is 1.42. The minimum Gasteiger partial charge on any atom is -0.460 e. The van der Waals surface area contributed by atoms with Gasteiger partial charge in [-0.25, -0.2) is 0 Å². The number of hydrogen-bond donors (Lipinski definition) is 2. The third-order valence-electron chi connectivity index (χ3n) is 2.45. The molecule has 0 radical (unpaired) electrons. The van der Waals surface area contributed by atoms with Crippen LogP contribution in [-0.2, 0) is 9.53 Å². The molecule has 0 heterocycles.